The topological polar surface area (TPSA) is 35.5 Å². The molecule has 0 N–H and O–H groups in total. The van der Waals surface area contributed by atoms with Crippen molar-refractivity contribution < 1.29 is 14.3 Å². The average Bonchev–Trinajstić information content (AvgIpc) is 2.52. The highest BCUT2D eigenvalue weighted by Crippen LogP contribution is 2.29. The van der Waals surface area contributed by atoms with E-state index in [-0.39, 0.29) is 24.0 Å². The van der Waals surface area contributed by atoms with Gasteiger partial charge in [-0.1, -0.05) is 24.7 Å². The van der Waals surface area contributed by atoms with Crippen LogP contribution < -0.4 is 0 Å². The van der Waals surface area contributed by atoms with Gasteiger partial charge in [0.25, 0.3) is 0 Å². The van der Waals surface area contributed by atoms with Crippen molar-refractivity contribution in [1.82, 2.24) is 0 Å². The van der Waals surface area contributed by atoms with Gasteiger partial charge in [-0.05, 0) is 52.4 Å². The summed E-state index contributed by atoms with van der Waals surface area (Å²) in [6.07, 6.45) is 7.51. The van der Waals surface area contributed by atoms with E-state index in [1.165, 1.54) is 0 Å². The normalized spacial score (nSPS) is 31.0. The summed E-state index contributed by atoms with van der Waals surface area (Å²) in [5, 5.41) is 0. The van der Waals surface area contributed by atoms with Crippen LogP contribution >= 0.6 is 0 Å². The Hall–Kier alpha value is -1.61. The predicted molar refractivity (Wildman–Crippen MR) is 86.0 cm³/mol. The van der Waals surface area contributed by atoms with Crippen molar-refractivity contribution in [3.8, 4) is 23.7 Å². The predicted octanol–water partition coefficient (Wildman–Crippen LogP) is 4.30. The van der Waals surface area contributed by atoms with Gasteiger partial charge in [0.1, 0.15) is 12.2 Å². The fraction of sp³-hybridized carbons (Fsp3) is 0.737. The molecule has 0 amide bonds. The molecule has 3 heteroatoms. The minimum Gasteiger partial charge on any atom is -0.430 e. The van der Waals surface area contributed by atoms with E-state index in [2.05, 4.69) is 23.7 Å². The summed E-state index contributed by atoms with van der Waals surface area (Å²) in [7, 11) is 0. The minimum atomic E-state index is -0.537. The van der Waals surface area contributed by atoms with Crippen molar-refractivity contribution >= 4 is 6.16 Å². The molecule has 0 aromatic heterocycles. The zero-order valence-electron chi connectivity index (χ0n) is 13.7. The van der Waals surface area contributed by atoms with Crippen LogP contribution in [0.25, 0.3) is 0 Å². The third-order valence-electron chi connectivity index (χ3n) is 4.56. The molecule has 22 heavy (non-hydrogen) atoms. The highest BCUT2D eigenvalue weighted by Gasteiger charge is 2.31. The fourth-order valence-electron chi connectivity index (χ4n) is 3.45. The minimum absolute atomic E-state index is 0.118. The van der Waals surface area contributed by atoms with Gasteiger partial charge in [0.2, 0.25) is 0 Å². The van der Waals surface area contributed by atoms with Crippen LogP contribution in [0.3, 0.4) is 0 Å². The third kappa shape index (κ3) is 4.70. The molecule has 4 unspecified atom stereocenters. The zero-order valence-corrected chi connectivity index (χ0v) is 13.7. The van der Waals surface area contributed by atoms with E-state index in [0.29, 0.717) is 0 Å². The zero-order chi connectivity index (χ0) is 15.8. The molecule has 2 aliphatic rings. The van der Waals surface area contributed by atoms with Crippen LogP contribution in [-0.2, 0) is 9.47 Å². The van der Waals surface area contributed by atoms with Gasteiger partial charge in [-0.25, -0.2) is 4.79 Å². The van der Waals surface area contributed by atoms with Gasteiger partial charge < -0.3 is 9.47 Å². The van der Waals surface area contributed by atoms with Crippen molar-refractivity contribution in [1.29, 1.82) is 0 Å². The van der Waals surface area contributed by atoms with Gasteiger partial charge in [-0.15, -0.1) is 11.8 Å². The SMILES string of the molecule is CC#CC1CCCCC1OC(=O)OC1CCCCC1C#CC. The maximum Gasteiger partial charge on any atom is 0.508 e. The maximum absolute atomic E-state index is 12.1. The van der Waals surface area contributed by atoms with Crippen LogP contribution in [0, 0.1) is 35.5 Å². The van der Waals surface area contributed by atoms with Crippen molar-refractivity contribution in [2.75, 3.05) is 0 Å². The molecule has 0 aromatic carbocycles. The first-order chi connectivity index (χ1) is 10.7. The molecule has 0 aromatic rings. The van der Waals surface area contributed by atoms with E-state index in [4.69, 9.17) is 9.47 Å². The lowest BCUT2D eigenvalue weighted by atomic mass is 9.86. The third-order valence-corrected chi connectivity index (χ3v) is 4.56. The van der Waals surface area contributed by atoms with E-state index in [1.807, 2.05) is 13.8 Å². The van der Waals surface area contributed by atoms with Crippen molar-refractivity contribution in [2.24, 2.45) is 11.8 Å². The standard InChI is InChI=1S/C19H26O3/c1-3-9-15-11-5-7-13-17(15)21-19(20)22-18-14-8-6-12-16(18)10-4-2/h15-18H,5-8,11-14H2,1-2H3. The Morgan fingerprint density at radius 1 is 0.773 bits per heavy atom. The Kier molecular flexibility index (Phi) is 6.66. The Balaban J connectivity index is 1.89. The number of hydrogen-bond acceptors (Lipinski definition) is 3. The molecule has 0 radical (unpaired) electrons. The fourth-order valence-corrected chi connectivity index (χ4v) is 3.45. The number of carbonyl (C=O) groups is 1. The van der Waals surface area contributed by atoms with Gasteiger partial charge in [0.15, 0.2) is 0 Å². The Morgan fingerprint density at radius 2 is 1.18 bits per heavy atom. The summed E-state index contributed by atoms with van der Waals surface area (Å²) >= 11 is 0. The lowest BCUT2D eigenvalue weighted by molar-refractivity contribution is -0.0357. The van der Waals surface area contributed by atoms with Crippen molar-refractivity contribution in [3.05, 3.63) is 0 Å². The largest absolute Gasteiger partial charge is 0.508 e. The molecule has 0 heterocycles. The lowest BCUT2D eigenvalue weighted by Gasteiger charge is -2.30. The van der Waals surface area contributed by atoms with Gasteiger partial charge in [-0.3, -0.25) is 0 Å². The van der Waals surface area contributed by atoms with Crippen LogP contribution in [-0.4, -0.2) is 18.4 Å². The van der Waals surface area contributed by atoms with E-state index >= 15 is 0 Å². The molecular formula is C19H26O3. The summed E-state index contributed by atoms with van der Waals surface area (Å²) in [4.78, 5) is 12.1. The van der Waals surface area contributed by atoms with E-state index in [9.17, 15) is 4.79 Å². The monoisotopic (exact) mass is 302 g/mol. The molecule has 2 aliphatic carbocycles. The molecular weight excluding hydrogens is 276 g/mol. The first kappa shape index (κ1) is 16.8. The summed E-state index contributed by atoms with van der Waals surface area (Å²) < 4.78 is 11.1. The highest BCUT2D eigenvalue weighted by molar-refractivity contribution is 5.60. The second-order valence-corrected chi connectivity index (χ2v) is 6.13. The highest BCUT2D eigenvalue weighted by atomic mass is 16.7. The lowest BCUT2D eigenvalue weighted by Crippen LogP contribution is -2.34. The molecule has 0 bridgehead atoms. The smallest absolute Gasteiger partial charge is 0.430 e. The Morgan fingerprint density at radius 3 is 1.59 bits per heavy atom. The van der Waals surface area contributed by atoms with Gasteiger partial charge in [0, 0.05) is 0 Å². The van der Waals surface area contributed by atoms with Crippen LogP contribution in [0.5, 0.6) is 0 Å². The quantitative estimate of drug-likeness (QED) is 0.563. The number of hydrogen-bond donors (Lipinski definition) is 0. The van der Waals surface area contributed by atoms with Crippen molar-refractivity contribution in [2.45, 2.75) is 77.4 Å². The molecule has 4 atom stereocenters. The number of ether oxygens (including phenoxy) is 2. The molecule has 0 spiro atoms. The van der Waals surface area contributed by atoms with Gasteiger partial charge in [-0.2, -0.15) is 0 Å². The molecule has 0 saturated heterocycles. The Labute approximate surface area is 134 Å². The summed E-state index contributed by atoms with van der Waals surface area (Å²) in [6, 6.07) is 0. The molecule has 0 aliphatic heterocycles. The number of carbonyl (C=O) groups excluding carboxylic acids is 1. The first-order valence-electron chi connectivity index (χ1n) is 8.46. The first-order valence-corrected chi connectivity index (χ1v) is 8.46. The summed E-state index contributed by atoms with van der Waals surface area (Å²) in [6.45, 7) is 3.67. The van der Waals surface area contributed by atoms with E-state index in [1.54, 1.807) is 0 Å². The second kappa shape index (κ2) is 8.74. The molecule has 3 nitrogen and oxygen atoms in total. The average molecular weight is 302 g/mol. The maximum atomic E-state index is 12.1. The van der Waals surface area contributed by atoms with Gasteiger partial charge in [0.05, 0.1) is 11.8 Å². The van der Waals surface area contributed by atoms with Crippen LogP contribution in [0.4, 0.5) is 4.79 Å². The second-order valence-electron chi connectivity index (χ2n) is 6.13. The summed E-state index contributed by atoms with van der Waals surface area (Å²) in [5.74, 6) is 12.5. The molecule has 2 fully saturated rings. The van der Waals surface area contributed by atoms with Crippen LogP contribution in [0.15, 0.2) is 0 Å². The Bertz CT molecular complexity index is 444. The van der Waals surface area contributed by atoms with Crippen LogP contribution in [0.2, 0.25) is 0 Å². The molecule has 120 valence electrons. The number of rotatable bonds is 2. The van der Waals surface area contributed by atoms with Gasteiger partial charge >= 0.3 is 6.16 Å². The summed E-state index contributed by atoms with van der Waals surface area (Å²) in [5.41, 5.74) is 0. The molecule has 2 saturated carbocycles. The molecule has 2 rings (SSSR count). The van der Waals surface area contributed by atoms with Crippen LogP contribution in [0.1, 0.15) is 65.2 Å². The van der Waals surface area contributed by atoms with Crippen molar-refractivity contribution in [3.63, 3.8) is 0 Å². The van der Waals surface area contributed by atoms with E-state index in [0.717, 1.165) is 51.4 Å². The van der Waals surface area contributed by atoms with E-state index < -0.39 is 6.16 Å².